The van der Waals surface area contributed by atoms with Gasteiger partial charge in [0.1, 0.15) is 11.3 Å². The Balaban J connectivity index is 1.87. The van der Waals surface area contributed by atoms with E-state index in [0.717, 1.165) is 22.6 Å². The summed E-state index contributed by atoms with van der Waals surface area (Å²) in [6, 6.07) is 12.0. The monoisotopic (exact) mass is 358 g/mol. The first-order valence-electron chi connectivity index (χ1n) is 8.36. The number of imidazole rings is 1. The third-order valence-electron chi connectivity index (χ3n) is 4.07. The number of hydrogen-bond donors (Lipinski definition) is 1. The van der Waals surface area contributed by atoms with Crippen LogP contribution in [-0.4, -0.2) is 35.3 Å². The van der Waals surface area contributed by atoms with Crippen LogP contribution >= 0.6 is 0 Å². The molecule has 0 fully saturated rings. The summed E-state index contributed by atoms with van der Waals surface area (Å²) >= 11 is 0. The minimum atomic E-state index is -3.16. The standard InChI is InChI=1S/C18H22N4O2S/c1-3-25(23,24)20-12-5-13-22-17(15-9-7-14(2)8-10-15)21-16-6-4-11-19-18(16)22/h4,6-11,20H,3,5,12-13H2,1-2H3. The predicted molar refractivity (Wildman–Crippen MR) is 99.8 cm³/mol. The van der Waals surface area contributed by atoms with E-state index in [2.05, 4.69) is 26.4 Å². The summed E-state index contributed by atoms with van der Waals surface area (Å²) < 4.78 is 27.8. The van der Waals surface area contributed by atoms with Gasteiger partial charge in [-0.05, 0) is 32.4 Å². The van der Waals surface area contributed by atoms with E-state index in [0.29, 0.717) is 19.5 Å². The molecule has 2 aromatic heterocycles. The summed E-state index contributed by atoms with van der Waals surface area (Å²) in [5.74, 6) is 0.948. The molecule has 0 radical (unpaired) electrons. The molecule has 0 bridgehead atoms. The van der Waals surface area contributed by atoms with E-state index >= 15 is 0 Å². The Morgan fingerprint density at radius 2 is 1.92 bits per heavy atom. The highest BCUT2D eigenvalue weighted by Crippen LogP contribution is 2.24. The molecule has 0 spiro atoms. The van der Waals surface area contributed by atoms with Crippen LogP contribution < -0.4 is 4.72 Å². The number of nitrogens with one attached hydrogen (secondary N) is 1. The zero-order valence-corrected chi connectivity index (χ0v) is 15.3. The van der Waals surface area contributed by atoms with E-state index in [-0.39, 0.29) is 5.75 Å². The summed E-state index contributed by atoms with van der Waals surface area (Å²) in [5.41, 5.74) is 3.87. The lowest BCUT2D eigenvalue weighted by Crippen LogP contribution is -2.27. The molecule has 3 aromatic rings. The first kappa shape index (κ1) is 17.6. The zero-order valence-electron chi connectivity index (χ0n) is 14.4. The molecular weight excluding hydrogens is 336 g/mol. The summed E-state index contributed by atoms with van der Waals surface area (Å²) in [7, 11) is -3.16. The molecule has 3 rings (SSSR count). The van der Waals surface area contributed by atoms with Gasteiger partial charge in [0.25, 0.3) is 0 Å². The minimum Gasteiger partial charge on any atom is -0.309 e. The third-order valence-corrected chi connectivity index (χ3v) is 5.48. The fraction of sp³-hybridized carbons (Fsp3) is 0.333. The Labute approximate surface area is 148 Å². The quantitative estimate of drug-likeness (QED) is 0.659. The van der Waals surface area contributed by atoms with E-state index in [4.69, 9.17) is 4.98 Å². The Morgan fingerprint density at radius 1 is 1.16 bits per heavy atom. The molecule has 2 heterocycles. The van der Waals surface area contributed by atoms with Gasteiger partial charge in [0.05, 0.1) is 5.75 Å². The zero-order chi connectivity index (χ0) is 17.9. The van der Waals surface area contributed by atoms with Crippen molar-refractivity contribution in [2.75, 3.05) is 12.3 Å². The molecule has 132 valence electrons. The van der Waals surface area contributed by atoms with Gasteiger partial charge in [-0.15, -0.1) is 0 Å². The van der Waals surface area contributed by atoms with Crippen molar-refractivity contribution in [3.63, 3.8) is 0 Å². The van der Waals surface area contributed by atoms with E-state index in [9.17, 15) is 8.42 Å². The van der Waals surface area contributed by atoms with Crippen LogP contribution in [0.2, 0.25) is 0 Å². The van der Waals surface area contributed by atoms with Gasteiger partial charge in [-0.1, -0.05) is 29.8 Å². The number of aryl methyl sites for hydroxylation is 2. The molecule has 1 N–H and O–H groups in total. The first-order valence-corrected chi connectivity index (χ1v) is 10.0. The summed E-state index contributed by atoms with van der Waals surface area (Å²) in [6.07, 6.45) is 2.42. The van der Waals surface area contributed by atoms with Gasteiger partial charge in [0.2, 0.25) is 10.0 Å². The van der Waals surface area contributed by atoms with Gasteiger partial charge < -0.3 is 4.57 Å². The molecule has 0 saturated carbocycles. The van der Waals surface area contributed by atoms with E-state index in [1.165, 1.54) is 5.56 Å². The Hall–Kier alpha value is -2.25. The van der Waals surface area contributed by atoms with E-state index in [1.54, 1.807) is 13.1 Å². The average molecular weight is 358 g/mol. The Kier molecular flexibility index (Phi) is 5.15. The number of benzene rings is 1. The lowest BCUT2D eigenvalue weighted by molar-refractivity contribution is 0.573. The number of aromatic nitrogens is 3. The summed E-state index contributed by atoms with van der Waals surface area (Å²) in [4.78, 5) is 9.17. The SMILES string of the molecule is CCS(=O)(=O)NCCCn1c(-c2ccc(C)cc2)nc2cccnc21. The fourth-order valence-electron chi connectivity index (χ4n) is 2.66. The highest BCUT2D eigenvalue weighted by Gasteiger charge is 2.13. The molecule has 0 aliphatic heterocycles. The van der Waals surface area contributed by atoms with Crippen molar-refractivity contribution in [3.8, 4) is 11.4 Å². The maximum Gasteiger partial charge on any atom is 0.211 e. The normalized spacial score (nSPS) is 11.9. The minimum absolute atomic E-state index is 0.0944. The lowest BCUT2D eigenvalue weighted by Gasteiger charge is -2.10. The molecule has 7 heteroatoms. The fourth-order valence-corrected chi connectivity index (χ4v) is 3.32. The second kappa shape index (κ2) is 7.33. The molecule has 0 atom stereocenters. The van der Waals surface area contributed by atoms with Gasteiger partial charge >= 0.3 is 0 Å². The molecule has 0 aliphatic carbocycles. The van der Waals surface area contributed by atoms with Crippen molar-refractivity contribution in [2.24, 2.45) is 0 Å². The van der Waals surface area contributed by atoms with Crippen molar-refractivity contribution in [1.29, 1.82) is 0 Å². The molecule has 25 heavy (non-hydrogen) atoms. The maximum atomic E-state index is 11.6. The van der Waals surface area contributed by atoms with Crippen molar-refractivity contribution >= 4 is 21.2 Å². The molecular formula is C18H22N4O2S. The van der Waals surface area contributed by atoms with Crippen LogP contribution in [0, 0.1) is 6.92 Å². The highest BCUT2D eigenvalue weighted by atomic mass is 32.2. The van der Waals surface area contributed by atoms with Crippen molar-refractivity contribution < 1.29 is 8.42 Å². The number of rotatable bonds is 7. The van der Waals surface area contributed by atoms with Crippen LogP contribution in [0.15, 0.2) is 42.6 Å². The summed E-state index contributed by atoms with van der Waals surface area (Å²) in [5, 5.41) is 0. The number of fused-ring (bicyclic) bond motifs is 1. The van der Waals surface area contributed by atoms with E-state index in [1.807, 2.05) is 31.2 Å². The van der Waals surface area contributed by atoms with Crippen LogP contribution in [0.3, 0.4) is 0 Å². The second-order valence-corrected chi connectivity index (χ2v) is 8.05. The van der Waals surface area contributed by atoms with Gasteiger partial charge in [-0.25, -0.2) is 23.1 Å². The third kappa shape index (κ3) is 4.05. The number of nitrogens with zero attached hydrogens (tertiary/aromatic N) is 3. The first-order chi connectivity index (χ1) is 12.0. The van der Waals surface area contributed by atoms with Gasteiger partial charge in [0, 0.05) is 24.8 Å². The van der Waals surface area contributed by atoms with Gasteiger partial charge in [-0.2, -0.15) is 0 Å². The molecule has 0 aliphatic rings. The molecule has 0 saturated heterocycles. The van der Waals surface area contributed by atoms with Crippen LogP contribution in [0.25, 0.3) is 22.6 Å². The van der Waals surface area contributed by atoms with Crippen molar-refractivity contribution in [2.45, 2.75) is 26.8 Å². The number of pyridine rings is 1. The van der Waals surface area contributed by atoms with E-state index < -0.39 is 10.0 Å². The molecule has 0 amide bonds. The lowest BCUT2D eigenvalue weighted by atomic mass is 10.1. The predicted octanol–water partition coefficient (Wildman–Crippen LogP) is 2.74. The van der Waals surface area contributed by atoms with Crippen LogP contribution in [0.4, 0.5) is 0 Å². The molecule has 0 unspecified atom stereocenters. The van der Waals surface area contributed by atoms with Gasteiger partial charge in [-0.3, -0.25) is 0 Å². The molecule has 6 nitrogen and oxygen atoms in total. The number of hydrogen-bond acceptors (Lipinski definition) is 4. The average Bonchev–Trinajstić information content (AvgIpc) is 2.98. The Morgan fingerprint density at radius 3 is 2.64 bits per heavy atom. The Bertz CT molecular complexity index is 962. The topological polar surface area (TPSA) is 76.9 Å². The summed E-state index contributed by atoms with van der Waals surface area (Å²) in [6.45, 7) is 4.72. The second-order valence-electron chi connectivity index (χ2n) is 5.95. The maximum absolute atomic E-state index is 11.6. The van der Waals surface area contributed by atoms with Crippen LogP contribution in [0.1, 0.15) is 18.9 Å². The highest BCUT2D eigenvalue weighted by molar-refractivity contribution is 7.89. The van der Waals surface area contributed by atoms with Crippen LogP contribution in [0.5, 0.6) is 0 Å². The van der Waals surface area contributed by atoms with Gasteiger partial charge in [0.15, 0.2) is 5.65 Å². The number of sulfonamides is 1. The van der Waals surface area contributed by atoms with Crippen LogP contribution in [-0.2, 0) is 16.6 Å². The largest absolute Gasteiger partial charge is 0.309 e. The van der Waals surface area contributed by atoms with Crippen molar-refractivity contribution in [3.05, 3.63) is 48.2 Å². The molecule has 1 aromatic carbocycles. The van der Waals surface area contributed by atoms with Crippen molar-refractivity contribution in [1.82, 2.24) is 19.3 Å². The smallest absolute Gasteiger partial charge is 0.211 e.